The summed E-state index contributed by atoms with van der Waals surface area (Å²) in [5, 5.41) is 0. The highest BCUT2D eigenvalue weighted by molar-refractivity contribution is 5.85. The summed E-state index contributed by atoms with van der Waals surface area (Å²) < 4.78 is 25.3. The van der Waals surface area contributed by atoms with Gasteiger partial charge in [0.15, 0.2) is 0 Å². The van der Waals surface area contributed by atoms with E-state index in [1.807, 2.05) is 0 Å². The van der Waals surface area contributed by atoms with E-state index in [-0.39, 0.29) is 18.8 Å². The van der Waals surface area contributed by atoms with Crippen molar-refractivity contribution in [1.82, 2.24) is 0 Å². The largest absolute Gasteiger partial charge is 0.326 e. The van der Waals surface area contributed by atoms with Gasteiger partial charge in [0.1, 0.15) is 0 Å². The van der Waals surface area contributed by atoms with E-state index in [2.05, 4.69) is 0 Å². The number of alkyl halides is 2. The van der Waals surface area contributed by atoms with E-state index in [4.69, 9.17) is 11.5 Å². The van der Waals surface area contributed by atoms with Gasteiger partial charge < -0.3 is 11.5 Å². The standard InChI is InChI=1S/C6H12F2N2.ClH/c7-6(8)3-1-2-4(9)5(6)10;/h4-5H,1-3,9-10H2;1H/t4-,5-;/m0./s1. The number of rotatable bonds is 0. The van der Waals surface area contributed by atoms with Crippen molar-refractivity contribution < 1.29 is 8.78 Å². The van der Waals surface area contributed by atoms with Gasteiger partial charge in [0.2, 0.25) is 0 Å². The minimum atomic E-state index is -2.74. The average Bonchev–Trinajstić information content (AvgIpc) is 1.83. The second-order valence-corrected chi connectivity index (χ2v) is 2.84. The van der Waals surface area contributed by atoms with Gasteiger partial charge in [0.05, 0.1) is 6.04 Å². The molecule has 1 rings (SSSR count). The van der Waals surface area contributed by atoms with Crippen LogP contribution in [0.4, 0.5) is 8.78 Å². The molecule has 0 saturated heterocycles. The predicted octanol–water partition coefficient (Wildman–Crippen LogP) is 0.882. The predicted molar refractivity (Wildman–Crippen MR) is 42.0 cm³/mol. The highest BCUT2D eigenvalue weighted by Gasteiger charge is 2.43. The Labute approximate surface area is 70.7 Å². The Morgan fingerprint density at radius 1 is 1.27 bits per heavy atom. The lowest BCUT2D eigenvalue weighted by atomic mass is 9.88. The molecular formula is C6H13ClF2N2. The van der Waals surface area contributed by atoms with Gasteiger partial charge >= 0.3 is 0 Å². The third-order valence-corrected chi connectivity index (χ3v) is 2.00. The molecule has 0 unspecified atom stereocenters. The molecule has 1 fully saturated rings. The van der Waals surface area contributed by atoms with Crippen molar-refractivity contribution in [2.45, 2.75) is 37.3 Å². The van der Waals surface area contributed by atoms with Crippen molar-refractivity contribution in [2.75, 3.05) is 0 Å². The van der Waals surface area contributed by atoms with Gasteiger partial charge in [-0.25, -0.2) is 8.78 Å². The lowest BCUT2D eigenvalue weighted by Gasteiger charge is -2.32. The highest BCUT2D eigenvalue weighted by Crippen LogP contribution is 2.31. The summed E-state index contributed by atoms with van der Waals surface area (Å²) in [5.74, 6) is -2.74. The van der Waals surface area contributed by atoms with Gasteiger partial charge in [-0.1, -0.05) is 0 Å². The van der Waals surface area contributed by atoms with Crippen molar-refractivity contribution in [3.8, 4) is 0 Å². The van der Waals surface area contributed by atoms with Gasteiger partial charge in [-0.2, -0.15) is 0 Å². The maximum atomic E-state index is 12.6. The van der Waals surface area contributed by atoms with Gasteiger partial charge in [0, 0.05) is 12.5 Å². The van der Waals surface area contributed by atoms with Gasteiger partial charge in [-0.05, 0) is 12.8 Å². The van der Waals surface area contributed by atoms with E-state index in [0.717, 1.165) is 0 Å². The van der Waals surface area contributed by atoms with Crippen LogP contribution in [-0.2, 0) is 0 Å². The van der Waals surface area contributed by atoms with Crippen molar-refractivity contribution in [1.29, 1.82) is 0 Å². The van der Waals surface area contributed by atoms with E-state index < -0.39 is 18.0 Å². The zero-order valence-electron chi connectivity index (χ0n) is 6.09. The summed E-state index contributed by atoms with van der Waals surface area (Å²) in [6, 6.07) is -1.66. The molecule has 0 amide bonds. The van der Waals surface area contributed by atoms with Crippen LogP contribution in [0.5, 0.6) is 0 Å². The Morgan fingerprint density at radius 2 is 1.82 bits per heavy atom. The van der Waals surface area contributed by atoms with Crippen LogP contribution in [0.15, 0.2) is 0 Å². The quantitative estimate of drug-likeness (QED) is 0.590. The molecule has 0 aliphatic heterocycles. The molecule has 0 radical (unpaired) electrons. The lowest BCUT2D eigenvalue weighted by molar-refractivity contribution is -0.0578. The molecule has 0 bridgehead atoms. The van der Waals surface area contributed by atoms with Crippen LogP contribution >= 0.6 is 12.4 Å². The maximum Gasteiger partial charge on any atom is 0.264 e. The summed E-state index contributed by atoms with van der Waals surface area (Å²) >= 11 is 0. The fourth-order valence-corrected chi connectivity index (χ4v) is 1.23. The Hall–Kier alpha value is 0.0700. The first-order valence-corrected chi connectivity index (χ1v) is 3.43. The zero-order valence-corrected chi connectivity index (χ0v) is 6.91. The van der Waals surface area contributed by atoms with Gasteiger partial charge in [0.25, 0.3) is 5.92 Å². The maximum absolute atomic E-state index is 12.6. The van der Waals surface area contributed by atoms with Crippen LogP contribution in [0.25, 0.3) is 0 Å². The zero-order chi connectivity index (χ0) is 7.78. The molecule has 11 heavy (non-hydrogen) atoms. The van der Waals surface area contributed by atoms with E-state index in [0.29, 0.717) is 12.8 Å². The molecule has 0 spiro atoms. The molecule has 4 N–H and O–H groups in total. The molecule has 1 aliphatic rings. The highest BCUT2D eigenvalue weighted by atomic mass is 35.5. The van der Waals surface area contributed by atoms with E-state index in [1.165, 1.54) is 0 Å². The molecule has 2 nitrogen and oxygen atoms in total. The van der Waals surface area contributed by atoms with Crippen molar-refractivity contribution in [3.63, 3.8) is 0 Å². The Bertz CT molecular complexity index is 132. The van der Waals surface area contributed by atoms with Crippen LogP contribution in [-0.4, -0.2) is 18.0 Å². The smallest absolute Gasteiger partial charge is 0.264 e. The molecule has 1 saturated carbocycles. The van der Waals surface area contributed by atoms with Crippen molar-refractivity contribution in [3.05, 3.63) is 0 Å². The molecule has 5 heteroatoms. The monoisotopic (exact) mass is 186 g/mol. The summed E-state index contributed by atoms with van der Waals surface area (Å²) in [6.07, 6.45) is 1.00. The number of nitrogens with two attached hydrogens (primary N) is 2. The minimum Gasteiger partial charge on any atom is -0.326 e. The van der Waals surface area contributed by atoms with Crippen LogP contribution < -0.4 is 11.5 Å². The molecule has 0 aromatic heterocycles. The van der Waals surface area contributed by atoms with Crippen LogP contribution in [0.1, 0.15) is 19.3 Å². The Kier molecular flexibility index (Phi) is 3.67. The normalized spacial score (nSPS) is 36.0. The molecule has 0 heterocycles. The second kappa shape index (κ2) is 3.65. The van der Waals surface area contributed by atoms with Crippen LogP contribution in [0.2, 0.25) is 0 Å². The number of halogens is 3. The van der Waals surface area contributed by atoms with Gasteiger partial charge in [-0.3, -0.25) is 0 Å². The summed E-state index contributed by atoms with van der Waals surface area (Å²) in [7, 11) is 0. The third kappa shape index (κ3) is 2.25. The van der Waals surface area contributed by atoms with E-state index in [9.17, 15) is 8.78 Å². The lowest BCUT2D eigenvalue weighted by Crippen LogP contribution is -2.55. The number of hydrogen-bond acceptors (Lipinski definition) is 2. The van der Waals surface area contributed by atoms with Crippen LogP contribution in [0, 0.1) is 0 Å². The molecule has 2 atom stereocenters. The second-order valence-electron chi connectivity index (χ2n) is 2.84. The summed E-state index contributed by atoms with van der Waals surface area (Å²) in [5.41, 5.74) is 10.5. The summed E-state index contributed by atoms with van der Waals surface area (Å²) in [4.78, 5) is 0. The van der Waals surface area contributed by atoms with Crippen molar-refractivity contribution in [2.24, 2.45) is 11.5 Å². The molecular weight excluding hydrogens is 174 g/mol. The van der Waals surface area contributed by atoms with Crippen LogP contribution in [0.3, 0.4) is 0 Å². The Balaban J connectivity index is 0.000001000. The van der Waals surface area contributed by atoms with E-state index in [1.54, 1.807) is 0 Å². The van der Waals surface area contributed by atoms with E-state index >= 15 is 0 Å². The SMILES string of the molecule is Cl.N[C@H]1CCCC(F)(F)[C@H]1N. The van der Waals surface area contributed by atoms with Crippen molar-refractivity contribution >= 4 is 12.4 Å². The first-order valence-electron chi connectivity index (χ1n) is 3.43. The first-order chi connectivity index (χ1) is 4.54. The molecule has 0 aromatic carbocycles. The van der Waals surface area contributed by atoms with Gasteiger partial charge in [-0.15, -0.1) is 12.4 Å². The molecule has 68 valence electrons. The minimum absolute atomic E-state index is 0. The fourth-order valence-electron chi connectivity index (χ4n) is 1.23. The Morgan fingerprint density at radius 3 is 2.18 bits per heavy atom. The fraction of sp³-hybridized carbons (Fsp3) is 1.00. The average molecular weight is 187 g/mol. The first kappa shape index (κ1) is 11.1. The topological polar surface area (TPSA) is 52.0 Å². The third-order valence-electron chi connectivity index (χ3n) is 2.00. The molecule has 1 aliphatic carbocycles. The molecule has 0 aromatic rings. The summed E-state index contributed by atoms with van der Waals surface area (Å²) in [6.45, 7) is 0. The number of hydrogen-bond donors (Lipinski definition) is 2.